The fourth-order valence-corrected chi connectivity index (χ4v) is 4.47. The van der Waals surface area contributed by atoms with Crippen LogP contribution in [-0.2, 0) is 18.3 Å². The fraction of sp³-hybridized carbons (Fsp3) is 0.385. The number of benzene rings is 2. The van der Waals surface area contributed by atoms with Gasteiger partial charge in [0.15, 0.2) is 5.78 Å². The van der Waals surface area contributed by atoms with E-state index in [1.54, 1.807) is 19.1 Å². The van der Waals surface area contributed by atoms with Crippen molar-refractivity contribution in [2.45, 2.75) is 45.4 Å². The van der Waals surface area contributed by atoms with Crippen LogP contribution in [0.2, 0.25) is 10.0 Å². The summed E-state index contributed by atoms with van der Waals surface area (Å²) < 4.78 is 7.98. The Bertz CT molecular complexity index is 1140. The zero-order valence-corrected chi connectivity index (χ0v) is 20.5. The lowest BCUT2D eigenvalue weighted by Crippen LogP contribution is -2.12. The summed E-state index contributed by atoms with van der Waals surface area (Å²) in [6.45, 7) is 2.25. The summed E-state index contributed by atoms with van der Waals surface area (Å²) in [5, 5.41) is 11.1. The van der Waals surface area contributed by atoms with Crippen molar-refractivity contribution in [1.29, 1.82) is 0 Å². The average Bonchev–Trinajstić information content (AvgIpc) is 3.01. The Kier molecular flexibility index (Phi) is 8.81. The van der Waals surface area contributed by atoms with Gasteiger partial charge in [0.2, 0.25) is 5.88 Å². The smallest absolute Gasteiger partial charge is 0.303 e. The normalized spacial score (nSPS) is 12.1. The van der Waals surface area contributed by atoms with E-state index in [1.807, 2.05) is 35.9 Å². The first-order valence-electron chi connectivity index (χ1n) is 11.2. The van der Waals surface area contributed by atoms with Gasteiger partial charge >= 0.3 is 5.97 Å². The second kappa shape index (κ2) is 11.6. The zero-order valence-electron chi connectivity index (χ0n) is 18.9. The molecule has 5 nitrogen and oxygen atoms in total. The molecule has 3 aromatic rings. The molecule has 0 aliphatic heterocycles. The number of aryl methyl sites for hydroxylation is 2. The van der Waals surface area contributed by atoms with E-state index >= 15 is 0 Å². The molecule has 0 aliphatic rings. The number of ketones is 1. The quantitative estimate of drug-likeness (QED) is 0.220. The molecule has 176 valence electrons. The molecule has 0 spiro atoms. The van der Waals surface area contributed by atoms with E-state index in [0.29, 0.717) is 23.1 Å². The van der Waals surface area contributed by atoms with Crippen LogP contribution in [0.25, 0.3) is 10.9 Å². The van der Waals surface area contributed by atoms with Crippen molar-refractivity contribution in [1.82, 2.24) is 4.57 Å². The molecule has 0 unspecified atom stereocenters. The third kappa shape index (κ3) is 6.75. The maximum atomic E-state index is 13.2. The number of unbranched alkanes of at least 4 members (excludes halogenated alkanes) is 2. The molecule has 0 amide bonds. The lowest BCUT2D eigenvalue weighted by atomic mass is 9.96. The van der Waals surface area contributed by atoms with Crippen molar-refractivity contribution < 1.29 is 19.4 Å². The van der Waals surface area contributed by atoms with Crippen LogP contribution in [0.3, 0.4) is 0 Å². The highest BCUT2D eigenvalue weighted by atomic mass is 35.5. The number of carbonyl (C=O) groups is 2. The minimum atomic E-state index is -0.912. The van der Waals surface area contributed by atoms with Crippen LogP contribution in [0.1, 0.15) is 54.9 Å². The molecule has 0 aliphatic carbocycles. The highest BCUT2D eigenvalue weighted by Gasteiger charge is 2.24. The van der Waals surface area contributed by atoms with E-state index in [0.717, 1.165) is 41.6 Å². The van der Waals surface area contributed by atoms with Crippen LogP contribution < -0.4 is 4.74 Å². The summed E-state index contributed by atoms with van der Waals surface area (Å²) in [6, 6.07) is 13.3. The van der Waals surface area contributed by atoms with Gasteiger partial charge < -0.3 is 14.4 Å². The lowest BCUT2D eigenvalue weighted by Gasteiger charge is -2.12. The van der Waals surface area contributed by atoms with Crippen LogP contribution in [0.5, 0.6) is 5.88 Å². The molecular formula is C26H29Cl2NO4. The number of nitrogens with zero attached hydrogens (tertiary/aromatic N) is 1. The molecule has 0 radical (unpaired) electrons. The van der Waals surface area contributed by atoms with E-state index in [2.05, 4.69) is 6.07 Å². The van der Waals surface area contributed by atoms with Crippen LogP contribution in [0, 0.1) is 5.92 Å². The third-order valence-electron chi connectivity index (χ3n) is 5.68. The molecule has 1 N–H and O–H groups in total. The number of hydrogen-bond donors (Lipinski definition) is 1. The van der Waals surface area contributed by atoms with Gasteiger partial charge in [0.1, 0.15) is 0 Å². The SMILES string of the molecule is C[C@H](CC(=O)O)CC(=O)c1c(OCCCCCc2cccc(Cl)c2)n(C)c2ccc(Cl)cc12. The number of aromatic nitrogens is 1. The van der Waals surface area contributed by atoms with Gasteiger partial charge in [0, 0.05) is 35.3 Å². The Morgan fingerprint density at radius 1 is 1.03 bits per heavy atom. The van der Waals surface area contributed by atoms with E-state index < -0.39 is 5.97 Å². The predicted molar refractivity (Wildman–Crippen MR) is 133 cm³/mol. The van der Waals surface area contributed by atoms with Crippen LogP contribution in [0.15, 0.2) is 42.5 Å². The molecular weight excluding hydrogens is 461 g/mol. The van der Waals surface area contributed by atoms with Gasteiger partial charge in [-0.05, 0) is 67.5 Å². The first-order chi connectivity index (χ1) is 15.8. The Morgan fingerprint density at radius 2 is 1.79 bits per heavy atom. The second-order valence-electron chi connectivity index (χ2n) is 8.52. The van der Waals surface area contributed by atoms with Crippen molar-refractivity contribution in [3.8, 4) is 5.88 Å². The summed E-state index contributed by atoms with van der Waals surface area (Å²) >= 11 is 12.2. The minimum Gasteiger partial charge on any atom is -0.481 e. The molecule has 3 rings (SSSR count). The van der Waals surface area contributed by atoms with Crippen molar-refractivity contribution in [3.05, 3.63) is 63.6 Å². The maximum absolute atomic E-state index is 13.2. The van der Waals surface area contributed by atoms with Crippen LogP contribution in [0.4, 0.5) is 0 Å². The highest BCUT2D eigenvalue weighted by molar-refractivity contribution is 6.31. The van der Waals surface area contributed by atoms with Gasteiger partial charge in [-0.2, -0.15) is 0 Å². The number of carbonyl (C=O) groups excluding carboxylic acids is 1. The van der Waals surface area contributed by atoms with E-state index in [4.69, 9.17) is 33.0 Å². The number of carboxylic acid groups (broad SMARTS) is 1. The first-order valence-corrected chi connectivity index (χ1v) is 11.9. The number of hydrogen-bond acceptors (Lipinski definition) is 3. The third-order valence-corrected chi connectivity index (χ3v) is 6.15. The lowest BCUT2D eigenvalue weighted by molar-refractivity contribution is -0.137. The summed E-state index contributed by atoms with van der Waals surface area (Å²) in [7, 11) is 1.86. The number of aliphatic carboxylic acids is 1. The Balaban J connectivity index is 1.68. The largest absolute Gasteiger partial charge is 0.481 e. The van der Waals surface area contributed by atoms with Crippen molar-refractivity contribution in [3.63, 3.8) is 0 Å². The topological polar surface area (TPSA) is 68.5 Å². The summed E-state index contributed by atoms with van der Waals surface area (Å²) in [6.07, 6.45) is 3.90. The number of fused-ring (bicyclic) bond motifs is 1. The van der Waals surface area contributed by atoms with Gasteiger partial charge in [-0.25, -0.2) is 0 Å². The molecule has 0 bridgehead atoms. The van der Waals surface area contributed by atoms with Crippen molar-refractivity contribution in [2.75, 3.05) is 6.61 Å². The molecule has 33 heavy (non-hydrogen) atoms. The molecule has 1 aromatic heterocycles. The van der Waals surface area contributed by atoms with Crippen LogP contribution in [-0.4, -0.2) is 28.0 Å². The molecule has 1 atom stereocenters. The summed E-state index contributed by atoms with van der Waals surface area (Å²) in [5.41, 5.74) is 2.55. The monoisotopic (exact) mass is 489 g/mol. The minimum absolute atomic E-state index is 0.0555. The highest BCUT2D eigenvalue weighted by Crippen LogP contribution is 2.35. The standard InChI is InChI=1S/C26H29Cl2NO4/c1-17(14-24(31)32)13-23(30)25-21-16-20(28)10-11-22(21)29(2)26(25)33-12-5-3-4-7-18-8-6-9-19(27)15-18/h6,8-11,15-17H,3-5,7,12-14H2,1-2H3,(H,31,32)/t17-/m0/s1. The summed E-state index contributed by atoms with van der Waals surface area (Å²) in [5.74, 6) is -0.809. The Labute approximate surface area is 204 Å². The Hall–Kier alpha value is -2.50. The van der Waals surface area contributed by atoms with Crippen LogP contribution >= 0.6 is 23.2 Å². The fourth-order valence-electron chi connectivity index (χ4n) is 4.09. The number of carboxylic acids is 1. The number of halogens is 2. The zero-order chi connectivity index (χ0) is 24.0. The van der Waals surface area contributed by atoms with Crippen molar-refractivity contribution in [2.24, 2.45) is 13.0 Å². The van der Waals surface area contributed by atoms with Gasteiger partial charge in [0.05, 0.1) is 17.7 Å². The Morgan fingerprint density at radius 3 is 2.52 bits per heavy atom. The summed E-state index contributed by atoms with van der Waals surface area (Å²) in [4.78, 5) is 24.2. The number of ether oxygens (including phenoxy) is 1. The van der Waals surface area contributed by atoms with E-state index in [1.165, 1.54) is 5.56 Å². The van der Waals surface area contributed by atoms with E-state index in [-0.39, 0.29) is 24.5 Å². The number of rotatable bonds is 12. The maximum Gasteiger partial charge on any atom is 0.303 e. The first kappa shape index (κ1) is 25.1. The van der Waals surface area contributed by atoms with E-state index in [9.17, 15) is 9.59 Å². The number of Topliss-reactive ketones (excluding diaryl/α,β-unsaturated/α-hetero) is 1. The second-order valence-corrected chi connectivity index (χ2v) is 9.39. The molecule has 7 heteroatoms. The molecule has 1 heterocycles. The van der Waals surface area contributed by atoms with Gasteiger partial charge in [-0.1, -0.05) is 42.3 Å². The van der Waals surface area contributed by atoms with Gasteiger partial charge in [0.25, 0.3) is 0 Å². The molecule has 0 saturated heterocycles. The molecule has 0 saturated carbocycles. The molecule has 2 aromatic carbocycles. The average molecular weight is 490 g/mol. The van der Waals surface area contributed by atoms with Gasteiger partial charge in [-0.15, -0.1) is 0 Å². The predicted octanol–water partition coefficient (Wildman–Crippen LogP) is 6.96. The molecule has 0 fully saturated rings. The van der Waals surface area contributed by atoms with Crippen molar-refractivity contribution >= 4 is 45.9 Å². The van der Waals surface area contributed by atoms with Gasteiger partial charge in [-0.3, -0.25) is 9.59 Å².